The van der Waals surface area contributed by atoms with E-state index >= 15 is 0 Å². The number of anilines is 2. The van der Waals surface area contributed by atoms with Crippen molar-refractivity contribution in [1.82, 2.24) is 4.98 Å². The molecule has 7 heteroatoms. The molecule has 1 aromatic carbocycles. The van der Waals surface area contributed by atoms with Gasteiger partial charge in [-0.2, -0.15) is 0 Å². The molecule has 0 amide bonds. The molecule has 0 saturated carbocycles. The Kier molecular flexibility index (Phi) is 3.59. The highest BCUT2D eigenvalue weighted by molar-refractivity contribution is 7.15. The lowest BCUT2D eigenvalue weighted by atomic mass is 9.91. The molecule has 1 aromatic heterocycles. The Morgan fingerprint density at radius 2 is 2.24 bits per heavy atom. The maximum absolute atomic E-state index is 13.6. The van der Waals surface area contributed by atoms with Gasteiger partial charge in [0.25, 0.3) is 0 Å². The lowest BCUT2D eigenvalue weighted by molar-refractivity contribution is -0.139. The summed E-state index contributed by atoms with van der Waals surface area (Å²) in [5.74, 6) is -2.85. The fraction of sp³-hybridized carbons (Fsp3) is 0.286. The maximum Gasteiger partial charge on any atom is 0.312 e. The van der Waals surface area contributed by atoms with E-state index in [1.807, 2.05) is 0 Å². The number of benzene rings is 1. The minimum absolute atomic E-state index is 0.120. The summed E-state index contributed by atoms with van der Waals surface area (Å²) >= 11 is 1.32. The van der Waals surface area contributed by atoms with Crippen molar-refractivity contribution >= 4 is 28.1 Å². The van der Waals surface area contributed by atoms with E-state index in [0.717, 1.165) is 29.9 Å². The molecule has 0 fully saturated rings. The van der Waals surface area contributed by atoms with Crippen LogP contribution in [0.15, 0.2) is 18.2 Å². The van der Waals surface area contributed by atoms with Gasteiger partial charge < -0.3 is 10.4 Å². The lowest BCUT2D eigenvalue weighted by Crippen LogP contribution is -2.17. The molecule has 110 valence electrons. The summed E-state index contributed by atoms with van der Waals surface area (Å²) in [6, 6.07) is 3.23. The average Bonchev–Trinajstić information content (AvgIpc) is 2.83. The standard InChI is InChI=1S/C14H12F2N2O2S/c15-7-4-5-10(9(16)6-7)17-14-18-12-8(13(19)20)2-1-3-11(12)21-14/h4-6,8H,1-3H2,(H,17,18)(H,19,20). The van der Waals surface area contributed by atoms with Gasteiger partial charge in [0, 0.05) is 10.9 Å². The van der Waals surface area contributed by atoms with E-state index in [0.29, 0.717) is 17.2 Å². The zero-order valence-electron chi connectivity index (χ0n) is 10.9. The van der Waals surface area contributed by atoms with Gasteiger partial charge in [0.05, 0.1) is 11.4 Å². The van der Waals surface area contributed by atoms with Crippen LogP contribution in [0.1, 0.15) is 29.3 Å². The Hall–Kier alpha value is -2.02. The van der Waals surface area contributed by atoms with Gasteiger partial charge in [0.2, 0.25) is 0 Å². The summed E-state index contributed by atoms with van der Waals surface area (Å²) < 4.78 is 26.5. The molecule has 0 radical (unpaired) electrons. The van der Waals surface area contributed by atoms with Crippen LogP contribution in [0.2, 0.25) is 0 Å². The van der Waals surface area contributed by atoms with Crippen LogP contribution in [0.25, 0.3) is 0 Å². The quantitative estimate of drug-likeness (QED) is 0.908. The molecule has 1 atom stereocenters. The van der Waals surface area contributed by atoms with Crippen LogP contribution in [-0.2, 0) is 11.2 Å². The monoisotopic (exact) mass is 310 g/mol. The maximum atomic E-state index is 13.6. The number of aryl methyl sites for hydroxylation is 1. The molecule has 0 aliphatic heterocycles. The Labute approximate surface area is 123 Å². The predicted octanol–water partition coefficient (Wildman–Crippen LogP) is 3.67. The molecular weight excluding hydrogens is 298 g/mol. The molecule has 1 heterocycles. The van der Waals surface area contributed by atoms with Gasteiger partial charge in [-0.25, -0.2) is 13.8 Å². The van der Waals surface area contributed by atoms with Crippen molar-refractivity contribution in [3.8, 4) is 0 Å². The zero-order chi connectivity index (χ0) is 15.0. The van der Waals surface area contributed by atoms with Crippen LogP contribution in [-0.4, -0.2) is 16.1 Å². The summed E-state index contributed by atoms with van der Waals surface area (Å²) in [5.41, 5.74) is 0.679. The van der Waals surface area contributed by atoms with E-state index in [-0.39, 0.29) is 5.69 Å². The minimum Gasteiger partial charge on any atom is -0.481 e. The van der Waals surface area contributed by atoms with Gasteiger partial charge in [-0.05, 0) is 31.4 Å². The van der Waals surface area contributed by atoms with Crippen LogP contribution >= 0.6 is 11.3 Å². The first-order valence-electron chi connectivity index (χ1n) is 6.49. The number of carboxylic acids is 1. The molecule has 0 spiro atoms. The van der Waals surface area contributed by atoms with Crippen molar-refractivity contribution in [2.45, 2.75) is 25.2 Å². The van der Waals surface area contributed by atoms with Crippen LogP contribution in [0, 0.1) is 11.6 Å². The lowest BCUT2D eigenvalue weighted by Gasteiger charge is -2.16. The van der Waals surface area contributed by atoms with Crippen LogP contribution < -0.4 is 5.32 Å². The number of rotatable bonds is 3. The number of aromatic nitrogens is 1. The summed E-state index contributed by atoms with van der Waals surface area (Å²) in [7, 11) is 0. The summed E-state index contributed by atoms with van der Waals surface area (Å²) in [6.45, 7) is 0. The van der Waals surface area contributed by atoms with E-state index in [1.54, 1.807) is 0 Å². The number of carboxylic acid groups (broad SMARTS) is 1. The second-order valence-corrected chi connectivity index (χ2v) is 5.94. The molecule has 3 rings (SSSR count). The molecule has 1 aliphatic carbocycles. The van der Waals surface area contributed by atoms with Gasteiger partial charge >= 0.3 is 5.97 Å². The summed E-state index contributed by atoms with van der Waals surface area (Å²) in [4.78, 5) is 16.4. The van der Waals surface area contributed by atoms with E-state index < -0.39 is 23.5 Å². The number of halogens is 2. The fourth-order valence-corrected chi connectivity index (χ4v) is 3.50. The van der Waals surface area contributed by atoms with Crippen molar-refractivity contribution in [3.63, 3.8) is 0 Å². The van der Waals surface area contributed by atoms with Crippen LogP contribution in [0.3, 0.4) is 0 Å². The highest BCUT2D eigenvalue weighted by Crippen LogP contribution is 2.37. The van der Waals surface area contributed by atoms with E-state index in [2.05, 4.69) is 10.3 Å². The molecule has 4 nitrogen and oxygen atoms in total. The Balaban J connectivity index is 1.89. The number of carbonyl (C=O) groups is 1. The smallest absolute Gasteiger partial charge is 0.312 e. The van der Waals surface area contributed by atoms with Crippen LogP contribution in [0.5, 0.6) is 0 Å². The third-order valence-corrected chi connectivity index (χ3v) is 4.47. The number of hydrogen-bond donors (Lipinski definition) is 2. The minimum atomic E-state index is -0.888. The first kappa shape index (κ1) is 13.9. The molecular formula is C14H12F2N2O2S. The number of thiazole rings is 1. The number of nitrogens with zero attached hydrogens (tertiary/aromatic N) is 1. The van der Waals surface area contributed by atoms with Gasteiger partial charge in [-0.15, -0.1) is 11.3 Å². The number of fused-ring (bicyclic) bond motifs is 1. The molecule has 21 heavy (non-hydrogen) atoms. The van der Waals surface area contributed by atoms with E-state index in [9.17, 15) is 18.7 Å². The molecule has 2 N–H and O–H groups in total. The fourth-order valence-electron chi connectivity index (χ4n) is 2.42. The van der Waals surface area contributed by atoms with Crippen molar-refractivity contribution < 1.29 is 18.7 Å². The largest absolute Gasteiger partial charge is 0.481 e. The van der Waals surface area contributed by atoms with Gasteiger partial charge in [0.1, 0.15) is 17.6 Å². The van der Waals surface area contributed by atoms with Crippen molar-refractivity contribution in [1.29, 1.82) is 0 Å². The zero-order valence-corrected chi connectivity index (χ0v) is 11.7. The van der Waals surface area contributed by atoms with Gasteiger partial charge in [0.15, 0.2) is 5.13 Å². The Morgan fingerprint density at radius 1 is 1.43 bits per heavy atom. The Bertz CT molecular complexity index is 702. The van der Waals surface area contributed by atoms with Crippen molar-refractivity contribution in [2.75, 3.05) is 5.32 Å². The molecule has 2 aromatic rings. The predicted molar refractivity (Wildman–Crippen MR) is 75.1 cm³/mol. The van der Waals surface area contributed by atoms with Crippen molar-refractivity contribution in [2.24, 2.45) is 0 Å². The normalized spacial score (nSPS) is 17.3. The molecule has 1 aliphatic rings. The first-order valence-corrected chi connectivity index (χ1v) is 7.30. The van der Waals surface area contributed by atoms with E-state index in [1.165, 1.54) is 17.4 Å². The third kappa shape index (κ3) is 2.73. The highest BCUT2D eigenvalue weighted by atomic mass is 32.1. The topological polar surface area (TPSA) is 62.2 Å². The number of hydrogen-bond acceptors (Lipinski definition) is 4. The first-order chi connectivity index (χ1) is 10.0. The molecule has 1 unspecified atom stereocenters. The van der Waals surface area contributed by atoms with Gasteiger partial charge in [-0.1, -0.05) is 0 Å². The highest BCUT2D eigenvalue weighted by Gasteiger charge is 2.30. The van der Waals surface area contributed by atoms with E-state index in [4.69, 9.17) is 0 Å². The van der Waals surface area contributed by atoms with Gasteiger partial charge in [-0.3, -0.25) is 4.79 Å². The summed E-state index contributed by atoms with van der Waals surface area (Å²) in [6.07, 6.45) is 2.15. The SMILES string of the molecule is O=C(O)C1CCCc2sc(Nc3ccc(F)cc3F)nc21. The second kappa shape index (κ2) is 5.40. The summed E-state index contributed by atoms with van der Waals surface area (Å²) in [5, 5.41) is 12.4. The molecule has 0 saturated heterocycles. The second-order valence-electron chi connectivity index (χ2n) is 4.86. The third-order valence-electron chi connectivity index (χ3n) is 3.43. The average molecular weight is 310 g/mol. The molecule has 0 bridgehead atoms. The van der Waals surface area contributed by atoms with Crippen LogP contribution in [0.4, 0.5) is 19.6 Å². The number of aliphatic carboxylic acids is 1. The number of nitrogens with one attached hydrogen (secondary N) is 1. The van der Waals surface area contributed by atoms with Crippen molar-refractivity contribution in [3.05, 3.63) is 40.4 Å². The Morgan fingerprint density at radius 3 is 2.95 bits per heavy atom.